The van der Waals surface area contributed by atoms with Crippen molar-refractivity contribution >= 4 is 11.8 Å². The maximum atomic E-state index is 12.3. The van der Waals surface area contributed by atoms with Gasteiger partial charge in [-0.3, -0.25) is 4.79 Å². The van der Waals surface area contributed by atoms with E-state index in [1.54, 1.807) is 12.1 Å². The van der Waals surface area contributed by atoms with Crippen molar-refractivity contribution < 1.29 is 19.1 Å². The van der Waals surface area contributed by atoms with Gasteiger partial charge in [0.25, 0.3) is 0 Å². The van der Waals surface area contributed by atoms with Gasteiger partial charge >= 0.3 is 5.97 Å². The van der Waals surface area contributed by atoms with Gasteiger partial charge in [0.15, 0.2) is 6.61 Å². The first-order chi connectivity index (χ1) is 13.5. The fourth-order valence-electron chi connectivity index (χ4n) is 2.85. The van der Waals surface area contributed by atoms with Crippen LogP contribution in [0.4, 0.5) is 0 Å². The Morgan fingerprint density at radius 1 is 0.964 bits per heavy atom. The lowest BCUT2D eigenvalue weighted by atomic mass is 10.1. The Labute approximate surface area is 164 Å². The molecule has 1 heterocycles. The molecule has 1 aromatic heterocycles. The van der Waals surface area contributed by atoms with E-state index in [0.717, 1.165) is 22.7 Å². The smallest absolute Gasteiger partial charge is 0.338 e. The summed E-state index contributed by atoms with van der Waals surface area (Å²) in [5.74, 6) is 0.0626. The number of para-hydroxylation sites is 1. The van der Waals surface area contributed by atoms with Gasteiger partial charge in [-0.1, -0.05) is 30.3 Å². The van der Waals surface area contributed by atoms with Crippen LogP contribution in [-0.4, -0.2) is 22.9 Å². The average molecular weight is 377 g/mol. The zero-order chi connectivity index (χ0) is 20.1. The van der Waals surface area contributed by atoms with E-state index in [1.807, 2.05) is 74.0 Å². The molecule has 5 heteroatoms. The van der Waals surface area contributed by atoms with Crippen molar-refractivity contribution in [1.29, 1.82) is 0 Å². The van der Waals surface area contributed by atoms with Gasteiger partial charge in [-0.05, 0) is 49.7 Å². The predicted octanol–water partition coefficient (Wildman–Crippen LogP) is 4.26. The number of esters is 1. The second-order valence-electron chi connectivity index (χ2n) is 6.64. The van der Waals surface area contributed by atoms with E-state index in [1.165, 1.54) is 0 Å². The Hall–Kier alpha value is -3.34. The predicted molar refractivity (Wildman–Crippen MR) is 107 cm³/mol. The number of carbonyl (C=O) groups is 2. The summed E-state index contributed by atoms with van der Waals surface area (Å²) < 4.78 is 12.8. The molecule has 0 aliphatic heterocycles. The molecule has 3 aromatic rings. The maximum absolute atomic E-state index is 12.3. The van der Waals surface area contributed by atoms with E-state index in [2.05, 4.69) is 0 Å². The van der Waals surface area contributed by atoms with E-state index >= 15 is 0 Å². The summed E-state index contributed by atoms with van der Waals surface area (Å²) in [5, 5.41) is 0. The van der Waals surface area contributed by atoms with Crippen LogP contribution in [0.3, 0.4) is 0 Å². The molecule has 2 aromatic carbocycles. The fraction of sp³-hybridized carbons (Fsp3) is 0.217. The molecule has 0 amide bonds. The molecule has 28 heavy (non-hydrogen) atoms. The molecule has 0 N–H and O–H groups in total. The van der Waals surface area contributed by atoms with E-state index < -0.39 is 5.97 Å². The number of carbonyl (C=O) groups excluding carboxylic acids is 2. The highest BCUT2D eigenvalue weighted by atomic mass is 16.5. The SMILES string of the molecule is Cc1cc(C(=O)COC(=O)c2ccc(COc3ccccc3)cc2)c(C)n1C. The van der Waals surface area contributed by atoms with Crippen LogP contribution >= 0.6 is 0 Å². The van der Waals surface area contributed by atoms with Crippen molar-refractivity contribution in [2.75, 3.05) is 6.61 Å². The van der Waals surface area contributed by atoms with Crippen LogP contribution in [-0.2, 0) is 18.4 Å². The molecule has 0 saturated carbocycles. The lowest BCUT2D eigenvalue weighted by Gasteiger charge is -2.07. The Kier molecular flexibility index (Phi) is 5.94. The number of rotatable bonds is 7. The summed E-state index contributed by atoms with van der Waals surface area (Å²) in [7, 11) is 1.90. The number of hydrogen-bond acceptors (Lipinski definition) is 4. The number of Topliss-reactive ketones (excluding diaryl/α,β-unsaturated/α-hetero) is 1. The van der Waals surface area contributed by atoms with Crippen LogP contribution in [0.5, 0.6) is 5.75 Å². The minimum atomic E-state index is -0.519. The lowest BCUT2D eigenvalue weighted by Crippen LogP contribution is -2.15. The summed E-state index contributed by atoms with van der Waals surface area (Å²) >= 11 is 0. The normalized spacial score (nSPS) is 10.5. The van der Waals surface area contributed by atoms with Gasteiger partial charge in [0.1, 0.15) is 12.4 Å². The third-order valence-electron chi connectivity index (χ3n) is 4.75. The van der Waals surface area contributed by atoms with Crippen molar-refractivity contribution in [2.24, 2.45) is 7.05 Å². The molecular weight excluding hydrogens is 354 g/mol. The van der Waals surface area contributed by atoms with Gasteiger partial charge in [0.05, 0.1) is 5.56 Å². The van der Waals surface area contributed by atoms with Crippen molar-refractivity contribution in [1.82, 2.24) is 4.57 Å². The number of ketones is 1. The van der Waals surface area contributed by atoms with Crippen molar-refractivity contribution in [3.8, 4) is 5.75 Å². The maximum Gasteiger partial charge on any atom is 0.338 e. The van der Waals surface area contributed by atoms with Crippen LogP contribution < -0.4 is 4.74 Å². The molecule has 0 aliphatic carbocycles. The molecule has 5 nitrogen and oxygen atoms in total. The van der Waals surface area contributed by atoms with Gasteiger partial charge < -0.3 is 14.0 Å². The van der Waals surface area contributed by atoms with Gasteiger partial charge in [0, 0.05) is 24.0 Å². The highest BCUT2D eigenvalue weighted by Gasteiger charge is 2.16. The van der Waals surface area contributed by atoms with E-state index in [9.17, 15) is 9.59 Å². The van der Waals surface area contributed by atoms with Crippen LogP contribution in [0.1, 0.15) is 37.7 Å². The minimum absolute atomic E-state index is 0.206. The zero-order valence-corrected chi connectivity index (χ0v) is 16.3. The molecule has 0 fully saturated rings. The Balaban J connectivity index is 1.54. The molecule has 0 aliphatic rings. The summed E-state index contributed by atoms with van der Waals surface area (Å²) in [6.07, 6.45) is 0. The van der Waals surface area contributed by atoms with Gasteiger partial charge in [-0.25, -0.2) is 4.79 Å². The number of aromatic nitrogens is 1. The standard InChI is InChI=1S/C23H23NO4/c1-16-13-21(17(2)24(16)3)22(25)15-28-23(26)19-11-9-18(10-12-19)14-27-20-7-5-4-6-8-20/h4-13H,14-15H2,1-3H3. The summed E-state index contributed by atoms with van der Waals surface area (Å²) in [5.41, 5.74) is 3.77. The van der Waals surface area contributed by atoms with E-state index in [-0.39, 0.29) is 12.4 Å². The molecule has 0 spiro atoms. The van der Waals surface area contributed by atoms with E-state index in [0.29, 0.717) is 17.7 Å². The van der Waals surface area contributed by atoms with Crippen LogP contribution in [0.25, 0.3) is 0 Å². The highest BCUT2D eigenvalue weighted by Crippen LogP contribution is 2.15. The number of hydrogen-bond donors (Lipinski definition) is 0. The molecule has 3 rings (SSSR count). The monoisotopic (exact) mass is 377 g/mol. The zero-order valence-electron chi connectivity index (χ0n) is 16.3. The largest absolute Gasteiger partial charge is 0.489 e. The van der Waals surface area contributed by atoms with Crippen molar-refractivity contribution in [2.45, 2.75) is 20.5 Å². The quantitative estimate of drug-likeness (QED) is 0.456. The number of benzene rings is 2. The molecular formula is C23H23NO4. The molecule has 0 unspecified atom stereocenters. The number of aryl methyl sites for hydroxylation is 1. The lowest BCUT2D eigenvalue weighted by molar-refractivity contribution is 0.0474. The first kappa shape index (κ1) is 19.4. The fourth-order valence-corrected chi connectivity index (χ4v) is 2.85. The van der Waals surface area contributed by atoms with Crippen molar-refractivity contribution in [3.05, 3.63) is 88.7 Å². The van der Waals surface area contributed by atoms with Crippen molar-refractivity contribution in [3.63, 3.8) is 0 Å². The third-order valence-corrected chi connectivity index (χ3v) is 4.75. The third kappa shape index (κ3) is 4.49. The van der Waals surface area contributed by atoms with Gasteiger partial charge in [-0.2, -0.15) is 0 Å². The van der Waals surface area contributed by atoms with Crippen LogP contribution in [0.2, 0.25) is 0 Å². The molecule has 0 atom stereocenters. The second-order valence-corrected chi connectivity index (χ2v) is 6.64. The number of ether oxygens (including phenoxy) is 2. The Morgan fingerprint density at radius 2 is 1.64 bits per heavy atom. The van der Waals surface area contributed by atoms with E-state index in [4.69, 9.17) is 9.47 Å². The first-order valence-corrected chi connectivity index (χ1v) is 9.05. The number of nitrogens with zero attached hydrogens (tertiary/aromatic N) is 1. The Bertz CT molecular complexity index is 972. The topological polar surface area (TPSA) is 57.5 Å². The molecule has 144 valence electrons. The van der Waals surface area contributed by atoms with Gasteiger partial charge in [0.2, 0.25) is 5.78 Å². The molecule has 0 bridgehead atoms. The highest BCUT2D eigenvalue weighted by molar-refractivity contribution is 6.00. The average Bonchev–Trinajstić information content (AvgIpc) is 2.98. The van der Waals surface area contributed by atoms with Crippen LogP contribution in [0.15, 0.2) is 60.7 Å². The van der Waals surface area contributed by atoms with Gasteiger partial charge in [-0.15, -0.1) is 0 Å². The molecule has 0 saturated heterocycles. The first-order valence-electron chi connectivity index (χ1n) is 9.05. The summed E-state index contributed by atoms with van der Waals surface area (Å²) in [6.45, 7) is 3.93. The Morgan fingerprint density at radius 3 is 2.25 bits per heavy atom. The summed E-state index contributed by atoms with van der Waals surface area (Å²) in [6, 6.07) is 18.3. The minimum Gasteiger partial charge on any atom is -0.489 e. The van der Waals surface area contributed by atoms with Crippen LogP contribution in [0, 0.1) is 13.8 Å². The summed E-state index contributed by atoms with van der Waals surface area (Å²) in [4.78, 5) is 24.6. The molecule has 0 radical (unpaired) electrons. The second kappa shape index (κ2) is 8.57.